The van der Waals surface area contributed by atoms with E-state index < -0.39 is 0 Å². The molecule has 2 amide bonds. The van der Waals surface area contributed by atoms with Crippen LogP contribution in [0.25, 0.3) is 5.57 Å². The van der Waals surface area contributed by atoms with Gasteiger partial charge in [-0.1, -0.05) is 30.3 Å². The van der Waals surface area contributed by atoms with Gasteiger partial charge in [0.2, 0.25) is 11.8 Å². The molecule has 25 heavy (non-hydrogen) atoms. The average Bonchev–Trinajstić information content (AvgIpc) is 2.69. The Kier molecular flexibility index (Phi) is 5.90. The lowest BCUT2D eigenvalue weighted by Crippen LogP contribution is -2.45. The topological polar surface area (TPSA) is 40.6 Å². The van der Waals surface area contributed by atoms with Gasteiger partial charge in [-0.2, -0.15) is 0 Å². The molecule has 0 radical (unpaired) electrons. The van der Waals surface area contributed by atoms with Crippen molar-refractivity contribution in [2.24, 2.45) is 5.92 Å². The smallest absolute Gasteiger partial charge is 0.246 e. The maximum absolute atomic E-state index is 12.6. The molecule has 0 bridgehead atoms. The number of benzene rings is 1. The van der Waals surface area contributed by atoms with Crippen molar-refractivity contribution in [3.63, 3.8) is 0 Å². The third-order valence-corrected chi connectivity index (χ3v) is 5.39. The van der Waals surface area contributed by atoms with Crippen LogP contribution < -0.4 is 0 Å². The highest BCUT2D eigenvalue weighted by Crippen LogP contribution is 2.23. The van der Waals surface area contributed by atoms with Crippen molar-refractivity contribution in [2.45, 2.75) is 39.0 Å². The number of carbonyl (C=O) groups is 2. The third kappa shape index (κ3) is 4.50. The lowest BCUT2D eigenvalue weighted by molar-refractivity contribution is -0.140. The second kappa shape index (κ2) is 8.32. The second-order valence-corrected chi connectivity index (χ2v) is 7.18. The highest BCUT2D eigenvalue weighted by atomic mass is 16.2. The van der Waals surface area contributed by atoms with E-state index in [0.29, 0.717) is 19.0 Å². The number of rotatable bonds is 3. The first kappa shape index (κ1) is 17.7. The first-order valence-electron chi connectivity index (χ1n) is 9.46. The molecule has 134 valence electrons. The van der Waals surface area contributed by atoms with E-state index in [2.05, 4.69) is 0 Å². The van der Waals surface area contributed by atoms with E-state index in [1.54, 1.807) is 6.08 Å². The minimum Gasteiger partial charge on any atom is -0.342 e. The Labute approximate surface area is 150 Å². The fourth-order valence-corrected chi connectivity index (χ4v) is 3.78. The number of nitrogens with zero attached hydrogens (tertiary/aromatic N) is 2. The summed E-state index contributed by atoms with van der Waals surface area (Å²) in [6, 6.07) is 9.97. The molecule has 2 saturated heterocycles. The normalized spacial score (nSPS) is 19.8. The Morgan fingerprint density at radius 3 is 2.20 bits per heavy atom. The van der Waals surface area contributed by atoms with Gasteiger partial charge >= 0.3 is 0 Å². The monoisotopic (exact) mass is 340 g/mol. The summed E-state index contributed by atoms with van der Waals surface area (Å²) in [4.78, 5) is 29.0. The third-order valence-electron chi connectivity index (χ3n) is 5.39. The molecule has 0 aliphatic carbocycles. The van der Waals surface area contributed by atoms with Crippen LogP contribution in [0.2, 0.25) is 0 Å². The summed E-state index contributed by atoms with van der Waals surface area (Å²) in [5.74, 6) is 0.467. The summed E-state index contributed by atoms with van der Waals surface area (Å²) in [5.41, 5.74) is 2.06. The van der Waals surface area contributed by atoms with Crippen molar-refractivity contribution in [2.75, 3.05) is 26.2 Å². The van der Waals surface area contributed by atoms with E-state index in [-0.39, 0.29) is 11.8 Å². The van der Waals surface area contributed by atoms with Gasteiger partial charge in [-0.3, -0.25) is 9.59 Å². The molecular formula is C21H28N2O2. The Balaban J connectivity index is 1.53. The van der Waals surface area contributed by atoms with Crippen LogP contribution >= 0.6 is 0 Å². The molecular weight excluding hydrogens is 312 g/mol. The molecule has 2 heterocycles. The van der Waals surface area contributed by atoms with Gasteiger partial charge in [0.1, 0.15) is 0 Å². The molecule has 2 aliphatic heterocycles. The summed E-state index contributed by atoms with van der Waals surface area (Å²) >= 11 is 0. The quantitative estimate of drug-likeness (QED) is 0.792. The van der Waals surface area contributed by atoms with E-state index in [1.807, 2.05) is 47.1 Å². The van der Waals surface area contributed by atoms with Crippen molar-refractivity contribution < 1.29 is 9.59 Å². The fourth-order valence-electron chi connectivity index (χ4n) is 3.78. The van der Waals surface area contributed by atoms with Crippen molar-refractivity contribution in [1.82, 2.24) is 9.80 Å². The van der Waals surface area contributed by atoms with Gasteiger partial charge in [0, 0.05) is 38.2 Å². The van der Waals surface area contributed by atoms with Crippen LogP contribution in [-0.4, -0.2) is 47.8 Å². The molecule has 0 aromatic heterocycles. The number of hydrogen-bond acceptors (Lipinski definition) is 2. The standard InChI is InChI=1S/C21H28N2O2/c1-17(18-8-4-2-5-9-18)16-20(24)22-14-10-19(11-15-22)21(25)23-12-6-3-7-13-23/h2,4-5,8-9,16,19H,3,6-7,10-15H2,1H3/b17-16-. The zero-order valence-corrected chi connectivity index (χ0v) is 15.1. The number of allylic oxidation sites excluding steroid dienone is 1. The number of likely N-dealkylation sites (tertiary alicyclic amines) is 2. The van der Waals surface area contributed by atoms with Crippen LogP contribution in [0.4, 0.5) is 0 Å². The predicted octanol–water partition coefficient (Wildman–Crippen LogP) is 3.34. The van der Waals surface area contributed by atoms with Crippen LogP contribution in [0, 0.1) is 5.92 Å². The van der Waals surface area contributed by atoms with Gasteiger partial charge in [-0.05, 0) is 50.2 Å². The zero-order valence-electron chi connectivity index (χ0n) is 15.1. The zero-order chi connectivity index (χ0) is 17.6. The van der Waals surface area contributed by atoms with Crippen molar-refractivity contribution in [1.29, 1.82) is 0 Å². The summed E-state index contributed by atoms with van der Waals surface area (Å²) in [6.07, 6.45) is 6.81. The highest BCUT2D eigenvalue weighted by Gasteiger charge is 2.30. The molecule has 0 saturated carbocycles. The molecule has 2 aliphatic rings. The van der Waals surface area contributed by atoms with Crippen molar-refractivity contribution in [3.8, 4) is 0 Å². The van der Waals surface area contributed by atoms with Gasteiger partial charge in [0.15, 0.2) is 0 Å². The first-order valence-corrected chi connectivity index (χ1v) is 9.46. The Hall–Kier alpha value is -2.10. The summed E-state index contributed by atoms with van der Waals surface area (Å²) < 4.78 is 0. The second-order valence-electron chi connectivity index (χ2n) is 7.18. The van der Waals surface area contributed by atoms with Gasteiger partial charge < -0.3 is 9.80 Å². The molecule has 1 aromatic rings. The maximum atomic E-state index is 12.6. The number of amides is 2. The maximum Gasteiger partial charge on any atom is 0.246 e. The van der Waals surface area contributed by atoms with E-state index in [9.17, 15) is 9.59 Å². The average molecular weight is 340 g/mol. The number of piperidine rings is 2. The van der Waals surface area contributed by atoms with Gasteiger partial charge in [0.25, 0.3) is 0 Å². The largest absolute Gasteiger partial charge is 0.342 e. The number of carbonyl (C=O) groups excluding carboxylic acids is 2. The lowest BCUT2D eigenvalue weighted by atomic mass is 9.94. The fraction of sp³-hybridized carbons (Fsp3) is 0.524. The van der Waals surface area contributed by atoms with Crippen LogP contribution in [-0.2, 0) is 9.59 Å². The van der Waals surface area contributed by atoms with Crippen LogP contribution in [0.15, 0.2) is 36.4 Å². The Morgan fingerprint density at radius 2 is 1.56 bits per heavy atom. The summed E-state index contributed by atoms with van der Waals surface area (Å²) in [7, 11) is 0. The Bertz CT molecular complexity index is 625. The molecule has 2 fully saturated rings. The molecule has 4 heteroatoms. The summed E-state index contributed by atoms with van der Waals surface area (Å²) in [5, 5.41) is 0. The van der Waals surface area contributed by atoms with Crippen LogP contribution in [0.1, 0.15) is 44.6 Å². The van der Waals surface area contributed by atoms with E-state index >= 15 is 0 Å². The minimum atomic E-state index is 0.0604. The molecule has 0 atom stereocenters. The van der Waals surface area contributed by atoms with E-state index in [1.165, 1.54) is 6.42 Å². The molecule has 4 nitrogen and oxygen atoms in total. The van der Waals surface area contributed by atoms with Crippen molar-refractivity contribution >= 4 is 17.4 Å². The van der Waals surface area contributed by atoms with E-state index in [0.717, 1.165) is 49.9 Å². The lowest BCUT2D eigenvalue weighted by Gasteiger charge is -2.35. The van der Waals surface area contributed by atoms with Gasteiger partial charge in [-0.25, -0.2) is 0 Å². The first-order chi connectivity index (χ1) is 12.1. The predicted molar refractivity (Wildman–Crippen MR) is 99.8 cm³/mol. The van der Waals surface area contributed by atoms with Crippen molar-refractivity contribution in [3.05, 3.63) is 42.0 Å². The van der Waals surface area contributed by atoms with Gasteiger partial charge in [-0.15, -0.1) is 0 Å². The van der Waals surface area contributed by atoms with Gasteiger partial charge in [0.05, 0.1) is 0 Å². The molecule has 0 N–H and O–H groups in total. The molecule has 3 rings (SSSR count). The van der Waals surface area contributed by atoms with Crippen LogP contribution in [0.3, 0.4) is 0 Å². The Morgan fingerprint density at radius 1 is 0.920 bits per heavy atom. The SMILES string of the molecule is C/C(=C/C(=O)N1CCC(C(=O)N2CCCCC2)CC1)c1ccccc1. The molecule has 0 spiro atoms. The number of hydrogen-bond donors (Lipinski definition) is 0. The molecule has 1 aromatic carbocycles. The highest BCUT2D eigenvalue weighted by molar-refractivity contribution is 5.95. The van der Waals surface area contributed by atoms with Crippen LogP contribution in [0.5, 0.6) is 0 Å². The summed E-state index contributed by atoms with van der Waals surface area (Å²) in [6.45, 7) is 5.16. The van der Waals surface area contributed by atoms with E-state index in [4.69, 9.17) is 0 Å². The minimum absolute atomic E-state index is 0.0604. The molecule has 0 unspecified atom stereocenters.